The zero-order valence-electron chi connectivity index (χ0n) is 12.1. The van der Waals surface area contributed by atoms with Gasteiger partial charge in [0.05, 0.1) is 0 Å². The highest BCUT2D eigenvalue weighted by molar-refractivity contribution is 6.05. The number of carboxylic acid groups (broad SMARTS) is 1. The summed E-state index contributed by atoms with van der Waals surface area (Å²) in [5.74, 6) is -1.44. The molecule has 3 aromatic rings. The number of fused-ring (bicyclic) bond motifs is 2. The van der Waals surface area contributed by atoms with Crippen LogP contribution in [0.15, 0.2) is 48.5 Å². The van der Waals surface area contributed by atoms with E-state index in [9.17, 15) is 9.59 Å². The summed E-state index contributed by atoms with van der Waals surface area (Å²) in [6, 6.07) is 15.6. The largest absolute Gasteiger partial charge is 0.480 e. The number of aliphatic carboxylic acids is 1. The third-order valence-corrected chi connectivity index (χ3v) is 3.79. The molecule has 4 heteroatoms. The summed E-state index contributed by atoms with van der Waals surface area (Å²) >= 11 is 0. The molecule has 0 saturated heterocycles. The van der Waals surface area contributed by atoms with E-state index < -0.39 is 5.97 Å². The fourth-order valence-electron chi connectivity index (χ4n) is 2.70. The van der Waals surface area contributed by atoms with Crippen LogP contribution >= 0.6 is 0 Å². The first-order chi connectivity index (χ1) is 10.6. The molecule has 0 aromatic heterocycles. The molecule has 0 radical (unpaired) electrons. The van der Waals surface area contributed by atoms with Gasteiger partial charge in [-0.1, -0.05) is 30.3 Å². The normalized spacial score (nSPS) is 10.8. The van der Waals surface area contributed by atoms with Crippen LogP contribution in [0.1, 0.15) is 15.9 Å². The van der Waals surface area contributed by atoms with E-state index >= 15 is 0 Å². The van der Waals surface area contributed by atoms with Crippen molar-refractivity contribution in [3.05, 3.63) is 59.7 Å². The van der Waals surface area contributed by atoms with Gasteiger partial charge in [0, 0.05) is 5.56 Å². The molecule has 2 N–H and O–H groups in total. The van der Waals surface area contributed by atoms with Crippen LogP contribution < -0.4 is 5.32 Å². The van der Waals surface area contributed by atoms with Crippen LogP contribution in [0.3, 0.4) is 0 Å². The molecule has 0 aliphatic carbocycles. The van der Waals surface area contributed by atoms with Crippen LogP contribution in [-0.4, -0.2) is 23.5 Å². The molecule has 0 spiro atoms. The van der Waals surface area contributed by atoms with E-state index in [1.807, 2.05) is 30.3 Å². The Balaban J connectivity index is 2.08. The average molecular weight is 293 g/mol. The third kappa shape index (κ3) is 2.51. The number of aryl methyl sites for hydroxylation is 1. The Kier molecular flexibility index (Phi) is 3.51. The second-order valence-corrected chi connectivity index (χ2v) is 5.24. The fourth-order valence-corrected chi connectivity index (χ4v) is 2.70. The molecule has 0 aliphatic heterocycles. The number of hydrogen-bond acceptors (Lipinski definition) is 2. The maximum atomic E-state index is 12.0. The highest BCUT2D eigenvalue weighted by atomic mass is 16.4. The summed E-state index contributed by atoms with van der Waals surface area (Å²) in [6.07, 6.45) is 0. The topological polar surface area (TPSA) is 66.4 Å². The van der Waals surface area contributed by atoms with Gasteiger partial charge in [0.25, 0.3) is 5.91 Å². The molecule has 3 rings (SSSR count). The van der Waals surface area contributed by atoms with E-state index in [1.54, 1.807) is 12.1 Å². The van der Waals surface area contributed by atoms with Crippen LogP contribution in [0, 0.1) is 6.92 Å². The number of amides is 1. The molecule has 0 unspecified atom stereocenters. The van der Waals surface area contributed by atoms with Crippen LogP contribution in [-0.2, 0) is 4.79 Å². The van der Waals surface area contributed by atoms with Crippen molar-refractivity contribution in [2.24, 2.45) is 0 Å². The van der Waals surface area contributed by atoms with Gasteiger partial charge in [0.15, 0.2) is 0 Å². The van der Waals surface area contributed by atoms with Gasteiger partial charge in [-0.2, -0.15) is 0 Å². The number of carbonyl (C=O) groups excluding carboxylic acids is 1. The minimum atomic E-state index is -1.06. The zero-order valence-corrected chi connectivity index (χ0v) is 12.1. The SMILES string of the molecule is Cc1c2ccccc2cc2cc(C(=O)NCC(=O)O)ccc12. The molecule has 0 bridgehead atoms. The Morgan fingerprint density at radius 1 is 1.00 bits per heavy atom. The Morgan fingerprint density at radius 3 is 2.50 bits per heavy atom. The molecule has 0 saturated carbocycles. The van der Waals surface area contributed by atoms with Crippen molar-refractivity contribution in [2.75, 3.05) is 6.54 Å². The van der Waals surface area contributed by atoms with Crippen molar-refractivity contribution in [1.82, 2.24) is 5.32 Å². The fraction of sp³-hybridized carbons (Fsp3) is 0.111. The standard InChI is InChI=1S/C18H15NO3/c1-11-15-5-3-2-4-12(15)8-14-9-13(6-7-16(11)14)18(22)19-10-17(20)21/h2-9H,10H2,1H3,(H,19,22)(H,20,21). The van der Waals surface area contributed by atoms with Gasteiger partial charge in [-0.3, -0.25) is 9.59 Å². The first-order valence-corrected chi connectivity index (χ1v) is 6.98. The van der Waals surface area contributed by atoms with Crippen molar-refractivity contribution in [3.8, 4) is 0 Å². The average Bonchev–Trinajstić information content (AvgIpc) is 2.52. The lowest BCUT2D eigenvalue weighted by atomic mass is 9.96. The number of benzene rings is 3. The van der Waals surface area contributed by atoms with Gasteiger partial charge in [-0.15, -0.1) is 0 Å². The van der Waals surface area contributed by atoms with Crippen molar-refractivity contribution in [1.29, 1.82) is 0 Å². The minimum absolute atomic E-state index is 0.380. The molecule has 1 amide bonds. The van der Waals surface area contributed by atoms with E-state index in [1.165, 1.54) is 10.9 Å². The summed E-state index contributed by atoms with van der Waals surface area (Å²) < 4.78 is 0. The van der Waals surface area contributed by atoms with Crippen LogP contribution in [0.2, 0.25) is 0 Å². The molecule has 110 valence electrons. The molecular weight excluding hydrogens is 278 g/mol. The third-order valence-electron chi connectivity index (χ3n) is 3.79. The maximum Gasteiger partial charge on any atom is 0.322 e. The Labute approximate surface area is 127 Å². The van der Waals surface area contributed by atoms with Gasteiger partial charge in [-0.05, 0) is 52.2 Å². The van der Waals surface area contributed by atoms with E-state index in [2.05, 4.69) is 18.3 Å². The van der Waals surface area contributed by atoms with Gasteiger partial charge in [0.2, 0.25) is 0 Å². The molecule has 0 heterocycles. The lowest BCUT2D eigenvalue weighted by Crippen LogP contribution is -2.29. The van der Waals surface area contributed by atoms with Gasteiger partial charge < -0.3 is 10.4 Å². The van der Waals surface area contributed by atoms with E-state index in [-0.39, 0.29) is 12.5 Å². The summed E-state index contributed by atoms with van der Waals surface area (Å²) in [7, 11) is 0. The molecule has 0 fully saturated rings. The quantitative estimate of drug-likeness (QED) is 0.729. The lowest BCUT2D eigenvalue weighted by molar-refractivity contribution is -0.135. The zero-order chi connectivity index (χ0) is 15.7. The summed E-state index contributed by atoms with van der Waals surface area (Å²) in [4.78, 5) is 22.5. The van der Waals surface area contributed by atoms with Gasteiger partial charge in [-0.25, -0.2) is 0 Å². The predicted octanol–water partition coefficient (Wildman–Crippen LogP) is 3.12. The number of carboxylic acids is 1. The minimum Gasteiger partial charge on any atom is -0.480 e. The predicted molar refractivity (Wildman–Crippen MR) is 86.2 cm³/mol. The monoisotopic (exact) mass is 293 g/mol. The Hall–Kier alpha value is -2.88. The summed E-state index contributed by atoms with van der Waals surface area (Å²) in [5, 5.41) is 15.4. The highest BCUT2D eigenvalue weighted by Gasteiger charge is 2.10. The Bertz CT molecular complexity index is 899. The number of carbonyl (C=O) groups is 2. The first kappa shape index (κ1) is 14.1. The van der Waals surface area contributed by atoms with E-state index in [4.69, 9.17) is 5.11 Å². The van der Waals surface area contributed by atoms with Crippen LogP contribution in [0.25, 0.3) is 21.5 Å². The second-order valence-electron chi connectivity index (χ2n) is 5.24. The molecule has 22 heavy (non-hydrogen) atoms. The molecule has 4 nitrogen and oxygen atoms in total. The molecule has 0 aliphatic rings. The summed E-state index contributed by atoms with van der Waals surface area (Å²) in [6.45, 7) is 1.68. The molecule has 3 aromatic carbocycles. The molecule has 0 atom stereocenters. The second kappa shape index (κ2) is 5.48. The molecular formula is C18H15NO3. The van der Waals surface area contributed by atoms with E-state index in [0.29, 0.717) is 5.56 Å². The van der Waals surface area contributed by atoms with Gasteiger partial charge >= 0.3 is 5.97 Å². The number of rotatable bonds is 3. The van der Waals surface area contributed by atoms with Crippen LogP contribution in [0.4, 0.5) is 0 Å². The van der Waals surface area contributed by atoms with E-state index in [0.717, 1.165) is 16.2 Å². The summed E-state index contributed by atoms with van der Waals surface area (Å²) in [5.41, 5.74) is 1.63. The van der Waals surface area contributed by atoms with Gasteiger partial charge in [0.1, 0.15) is 6.54 Å². The first-order valence-electron chi connectivity index (χ1n) is 6.98. The smallest absolute Gasteiger partial charge is 0.322 e. The van der Waals surface area contributed by atoms with Crippen molar-refractivity contribution < 1.29 is 14.7 Å². The lowest BCUT2D eigenvalue weighted by Gasteiger charge is -2.09. The van der Waals surface area contributed by atoms with Crippen molar-refractivity contribution >= 4 is 33.4 Å². The Morgan fingerprint density at radius 2 is 1.73 bits per heavy atom. The number of hydrogen-bond donors (Lipinski definition) is 2. The number of nitrogens with one attached hydrogen (secondary N) is 1. The van der Waals surface area contributed by atoms with Crippen LogP contribution in [0.5, 0.6) is 0 Å². The maximum absolute atomic E-state index is 12.0. The van der Waals surface area contributed by atoms with Crippen molar-refractivity contribution in [3.63, 3.8) is 0 Å². The highest BCUT2D eigenvalue weighted by Crippen LogP contribution is 2.28. The van der Waals surface area contributed by atoms with Crippen molar-refractivity contribution in [2.45, 2.75) is 6.92 Å².